The maximum atomic E-state index is 5.44. The standard InChI is InChI=1S/C16H25NO/c1-16(2,18-3)10-11-17-15-9-8-13-6-4-5-7-14(13)12-15/h4-7,15,17H,8-12H2,1-3H3. The fourth-order valence-electron chi connectivity index (χ4n) is 2.55. The summed E-state index contributed by atoms with van der Waals surface area (Å²) in [5, 5.41) is 3.67. The second-order valence-corrected chi connectivity index (χ2v) is 5.88. The van der Waals surface area contributed by atoms with Crippen molar-refractivity contribution >= 4 is 0 Å². The van der Waals surface area contributed by atoms with E-state index in [9.17, 15) is 0 Å². The number of methoxy groups -OCH3 is 1. The molecule has 1 N–H and O–H groups in total. The van der Waals surface area contributed by atoms with Crippen molar-refractivity contribution < 1.29 is 4.74 Å². The van der Waals surface area contributed by atoms with Gasteiger partial charge in [0.1, 0.15) is 0 Å². The van der Waals surface area contributed by atoms with E-state index in [2.05, 4.69) is 43.4 Å². The van der Waals surface area contributed by atoms with Gasteiger partial charge in [0.25, 0.3) is 0 Å². The first kappa shape index (κ1) is 13.6. The molecule has 0 saturated carbocycles. The van der Waals surface area contributed by atoms with Gasteiger partial charge in [-0.15, -0.1) is 0 Å². The second kappa shape index (κ2) is 5.85. The van der Waals surface area contributed by atoms with Crippen LogP contribution in [-0.2, 0) is 17.6 Å². The van der Waals surface area contributed by atoms with Gasteiger partial charge in [-0.3, -0.25) is 0 Å². The van der Waals surface area contributed by atoms with Gasteiger partial charge in [-0.05, 0) is 57.2 Å². The van der Waals surface area contributed by atoms with Gasteiger partial charge in [-0.2, -0.15) is 0 Å². The molecule has 1 aliphatic carbocycles. The van der Waals surface area contributed by atoms with Crippen LogP contribution in [-0.4, -0.2) is 25.3 Å². The average Bonchev–Trinajstić information content (AvgIpc) is 2.38. The molecule has 100 valence electrons. The Hall–Kier alpha value is -0.860. The SMILES string of the molecule is COC(C)(C)CCNC1CCc2ccccc2C1. The molecule has 0 radical (unpaired) electrons. The molecule has 0 bridgehead atoms. The van der Waals surface area contributed by atoms with Gasteiger partial charge in [0, 0.05) is 13.2 Å². The van der Waals surface area contributed by atoms with E-state index in [0.717, 1.165) is 13.0 Å². The van der Waals surface area contributed by atoms with Gasteiger partial charge in [0.05, 0.1) is 5.60 Å². The first-order valence-corrected chi connectivity index (χ1v) is 6.96. The van der Waals surface area contributed by atoms with Crippen molar-refractivity contribution in [3.05, 3.63) is 35.4 Å². The van der Waals surface area contributed by atoms with E-state index in [0.29, 0.717) is 6.04 Å². The lowest BCUT2D eigenvalue weighted by Gasteiger charge is -2.28. The number of ether oxygens (including phenoxy) is 1. The molecule has 0 saturated heterocycles. The summed E-state index contributed by atoms with van der Waals surface area (Å²) in [4.78, 5) is 0. The Labute approximate surface area is 111 Å². The normalized spacial score (nSPS) is 19.6. The van der Waals surface area contributed by atoms with Crippen molar-refractivity contribution in [2.45, 2.75) is 51.2 Å². The van der Waals surface area contributed by atoms with Gasteiger partial charge >= 0.3 is 0 Å². The molecule has 1 aliphatic rings. The molecule has 1 atom stereocenters. The summed E-state index contributed by atoms with van der Waals surface area (Å²) < 4.78 is 5.44. The molecule has 2 nitrogen and oxygen atoms in total. The zero-order chi connectivity index (χ0) is 13.0. The Morgan fingerprint density at radius 1 is 1.28 bits per heavy atom. The van der Waals surface area contributed by atoms with Crippen LogP contribution in [0.25, 0.3) is 0 Å². The molecule has 2 rings (SSSR count). The summed E-state index contributed by atoms with van der Waals surface area (Å²) >= 11 is 0. The second-order valence-electron chi connectivity index (χ2n) is 5.88. The Balaban J connectivity index is 1.80. The van der Waals surface area contributed by atoms with E-state index in [4.69, 9.17) is 4.74 Å². The molecule has 18 heavy (non-hydrogen) atoms. The summed E-state index contributed by atoms with van der Waals surface area (Å²) in [7, 11) is 1.79. The minimum atomic E-state index is -0.0143. The van der Waals surface area contributed by atoms with Crippen molar-refractivity contribution in [2.24, 2.45) is 0 Å². The Kier molecular flexibility index (Phi) is 4.41. The largest absolute Gasteiger partial charge is 0.379 e. The average molecular weight is 247 g/mol. The van der Waals surface area contributed by atoms with Gasteiger partial charge in [-0.25, -0.2) is 0 Å². The first-order chi connectivity index (χ1) is 8.61. The van der Waals surface area contributed by atoms with E-state index in [1.807, 2.05) is 0 Å². The monoisotopic (exact) mass is 247 g/mol. The van der Waals surface area contributed by atoms with Gasteiger partial charge < -0.3 is 10.1 Å². The maximum absolute atomic E-state index is 5.44. The number of hydrogen-bond donors (Lipinski definition) is 1. The molecule has 1 unspecified atom stereocenters. The number of rotatable bonds is 5. The van der Waals surface area contributed by atoms with Crippen molar-refractivity contribution in [1.29, 1.82) is 0 Å². The molecular weight excluding hydrogens is 222 g/mol. The number of benzene rings is 1. The lowest BCUT2D eigenvalue weighted by Crippen LogP contribution is -2.38. The predicted octanol–water partition coefficient (Wildman–Crippen LogP) is 2.95. The lowest BCUT2D eigenvalue weighted by molar-refractivity contribution is 0.0153. The van der Waals surface area contributed by atoms with E-state index in [-0.39, 0.29) is 5.60 Å². The van der Waals surface area contributed by atoms with Crippen LogP contribution in [0.3, 0.4) is 0 Å². The highest BCUT2D eigenvalue weighted by atomic mass is 16.5. The minimum absolute atomic E-state index is 0.0143. The maximum Gasteiger partial charge on any atom is 0.0634 e. The third kappa shape index (κ3) is 3.56. The lowest BCUT2D eigenvalue weighted by atomic mass is 9.88. The van der Waals surface area contributed by atoms with Crippen LogP contribution in [0.5, 0.6) is 0 Å². The van der Waals surface area contributed by atoms with Crippen molar-refractivity contribution in [3.63, 3.8) is 0 Å². The van der Waals surface area contributed by atoms with Gasteiger partial charge in [0.2, 0.25) is 0 Å². The molecule has 0 aromatic heterocycles. The summed E-state index contributed by atoms with van der Waals surface area (Å²) in [6.07, 6.45) is 4.69. The van der Waals surface area contributed by atoms with E-state index < -0.39 is 0 Å². The minimum Gasteiger partial charge on any atom is -0.379 e. The summed E-state index contributed by atoms with van der Waals surface area (Å²) in [6, 6.07) is 9.46. The Morgan fingerprint density at radius 3 is 2.72 bits per heavy atom. The van der Waals surface area contributed by atoms with Crippen molar-refractivity contribution in [2.75, 3.05) is 13.7 Å². The smallest absolute Gasteiger partial charge is 0.0634 e. The highest BCUT2D eigenvalue weighted by Gasteiger charge is 2.20. The number of aryl methyl sites for hydroxylation is 1. The molecule has 0 fully saturated rings. The Morgan fingerprint density at radius 2 is 2.00 bits per heavy atom. The molecule has 1 aromatic rings. The zero-order valence-electron chi connectivity index (χ0n) is 11.8. The molecular formula is C16H25NO. The van der Waals surface area contributed by atoms with Crippen LogP contribution in [0.1, 0.15) is 37.8 Å². The fourth-order valence-corrected chi connectivity index (χ4v) is 2.55. The summed E-state index contributed by atoms with van der Waals surface area (Å²) in [5.74, 6) is 0. The van der Waals surface area contributed by atoms with Crippen LogP contribution < -0.4 is 5.32 Å². The number of hydrogen-bond acceptors (Lipinski definition) is 2. The zero-order valence-corrected chi connectivity index (χ0v) is 11.8. The highest BCUT2D eigenvalue weighted by Crippen LogP contribution is 2.21. The third-order valence-electron chi connectivity index (χ3n) is 4.06. The van der Waals surface area contributed by atoms with Crippen LogP contribution in [0.15, 0.2) is 24.3 Å². The van der Waals surface area contributed by atoms with Crippen LogP contribution in [0.2, 0.25) is 0 Å². The van der Waals surface area contributed by atoms with Crippen LogP contribution in [0.4, 0.5) is 0 Å². The van der Waals surface area contributed by atoms with Gasteiger partial charge in [-0.1, -0.05) is 24.3 Å². The first-order valence-electron chi connectivity index (χ1n) is 6.96. The Bertz CT molecular complexity index is 386. The molecule has 0 heterocycles. The molecule has 0 amide bonds. The summed E-state index contributed by atoms with van der Waals surface area (Å²) in [6.45, 7) is 5.32. The van der Waals surface area contributed by atoms with E-state index >= 15 is 0 Å². The molecule has 0 aliphatic heterocycles. The molecule has 2 heteroatoms. The van der Waals surface area contributed by atoms with Crippen LogP contribution >= 0.6 is 0 Å². The highest BCUT2D eigenvalue weighted by molar-refractivity contribution is 5.30. The van der Waals surface area contributed by atoms with Crippen molar-refractivity contribution in [1.82, 2.24) is 5.32 Å². The topological polar surface area (TPSA) is 21.3 Å². The van der Waals surface area contributed by atoms with Gasteiger partial charge in [0.15, 0.2) is 0 Å². The number of fused-ring (bicyclic) bond motifs is 1. The molecule has 0 spiro atoms. The fraction of sp³-hybridized carbons (Fsp3) is 0.625. The predicted molar refractivity (Wildman–Crippen MR) is 76.0 cm³/mol. The van der Waals surface area contributed by atoms with E-state index in [1.165, 1.54) is 30.4 Å². The van der Waals surface area contributed by atoms with Crippen LogP contribution in [0, 0.1) is 0 Å². The quantitative estimate of drug-likeness (QED) is 0.864. The molecule has 1 aromatic carbocycles. The third-order valence-corrected chi connectivity index (χ3v) is 4.06. The summed E-state index contributed by atoms with van der Waals surface area (Å²) in [5.41, 5.74) is 3.04. The van der Waals surface area contributed by atoms with Crippen molar-refractivity contribution in [3.8, 4) is 0 Å². The van der Waals surface area contributed by atoms with E-state index in [1.54, 1.807) is 7.11 Å². The number of nitrogens with one attached hydrogen (secondary N) is 1.